The van der Waals surface area contributed by atoms with Crippen molar-refractivity contribution < 1.29 is 14.3 Å². The van der Waals surface area contributed by atoms with Crippen LogP contribution >= 0.6 is 0 Å². The molecule has 2 heterocycles. The van der Waals surface area contributed by atoms with E-state index in [0.29, 0.717) is 11.1 Å². The Morgan fingerprint density at radius 3 is 2.73 bits per heavy atom. The highest BCUT2D eigenvalue weighted by atomic mass is 16.6. The molecule has 1 aliphatic heterocycles. The molecule has 1 unspecified atom stereocenters. The first kappa shape index (κ1) is 30.7. The zero-order valence-corrected chi connectivity index (χ0v) is 24.1. The van der Waals surface area contributed by atoms with Gasteiger partial charge >= 0.3 is 11.7 Å². The van der Waals surface area contributed by atoms with Crippen molar-refractivity contribution in [2.75, 3.05) is 6.61 Å². The summed E-state index contributed by atoms with van der Waals surface area (Å²) in [6, 6.07) is -0.646. The van der Waals surface area contributed by atoms with E-state index in [1.807, 2.05) is 25.2 Å². The zero-order chi connectivity index (χ0) is 29.4. The number of H-pyrrole nitrogens is 1. The topological polar surface area (TPSA) is 139 Å². The third-order valence-electron chi connectivity index (χ3n) is 7.37. The Hall–Kier alpha value is -3.88. The van der Waals surface area contributed by atoms with Crippen molar-refractivity contribution in [1.82, 2.24) is 9.55 Å². The second kappa shape index (κ2) is 13.5. The van der Waals surface area contributed by atoms with Crippen molar-refractivity contribution in [1.29, 1.82) is 0 Å². The molecule has 1 aromatic heterocycles. The zero-order valence-electron chi connectivity index (χ0n) is 24.1. The van der Waals surface area contributed by atoms with Crippen LogP contribution in [0.15, 0.2) is 79.6 Å². The first-order valence-corrected chi connectivity index (χ1v) is 13.5. The van der Waals surface area contributed by atoms with Gasteiger partial charge in [-0.25, -0.2) is 9.59 Å². The summed E-state index contributed by atoms with van der Waals surface area (Å²) in [5, 5.41) is 3.74. The third kappa shape index (κ3) is 8.07. The van der Waals surface area contributed by atoms with Gasteiger partial charge in [0, 0.05) is 29.2 Å². The van der Waals surface area contributed by atoms with Crippen LogP contribution < -0.4 is 11.2 Å². The number of aromatic nitrogens is 2. The summed E-state index contributed by atoms with van der Waals surface area (Å²) in [5.74, 6) is -0.562. The van der Waals surface area contributed by atoms with Gasteiger partial charge in [-0.15, -0.1) is 0 Å². The lowest BCUT2D eigenvalue weighted by Crippen LogP contribution is -2.33. The summed E-state index contributed by atoms with van der Waals surface area (Å²) in [6.45, 7) is 12.1. The van der Waals surface area contributed by atoms with Gasteiger partial charge in [-0.05, 0) is 69.0 Å². The van der Waals surface area contributed by atoms with Gasteiger partial charge in [0.2, 0.25) is 0 Å². The number of ether oxygens (including phenoxy) is 2. The third-order valence-corrected chi connectivity index (χ3v) is 7.37. The van der Waals surface area contributed by atoms with E-state index in [4.69, 9.17) is 15.0 Å². The second-order valence-electron chi connectivity index (χ2n) is 11.2. The highest BCUT2D eigenvalue weighted by Gasteiger charge is 2.37. The SMILES string of the molecule is CC1=C(/C=C/C(C)=C/C=C/C(C)=C/C(=O)OC[C@H]2O[C@@H](n3cc(C)c(=O)[nH]c3=O)CC2N=[N+]=[N-])C(C)(C)CCC1. The van der Waals surface area contributed by atoms with Crippen molar-refractivity contribution in [2.45, 2.75) is 85.6 Å². The van der Waals surface area contributed by atoms with Crippen molar-refractivity contribution in [3.05, 3.63) is 102 Å². The average molecular weight is 550 g/mol. The summed E-state index contributed by atoms with van der Waals surface area (Å²) in [6.07, 6.45) is 15.1. The number of rotatable bonds is 9. The number of carbonyl (C=O) groups is 1. The molecule has 1 N–H and O–H groups in total. The molecule has 0 radical (unpaired) electrons. The Kier molecular flexibility index (Phi) is 10.3. The second-order valence-corrected chi connectivity index (χ2v) is 11.2. The number of nitrogens with zero attached hydrogens (tertiary/aromatic N) is 4. The lowest BCUT2D eigenvalue weighted by atomic mass is 9.72. The van der Waals surface area contributed by atoms with Gasteiger partial charge < -0.3 is 9.47 Å². The molecule has 3 rings (SSSR count). The van der Waals surface area contributed by atoms with E-state index in [0.717, 1.165) is 12.0 Å². The molecule has 0 amide bonds. The highest BCUT2D eigenvalue weighted by Crippen LogP contribution is 2.40. The molecule has 2 aliphatic rings. The minimum absolute atomic E-state index is 0.154. The van der Waals surface area contributed by atoms with E-state index in [9.17, 15) is 14.4 Å². The van der Waals surface area contributed by atoms with Crippen LogP contribution in [0, 0.1) is 12.3 Å². The minimum Gasteiger partial charge on any atom is -0.460 e. The number of esters is 1. The van der Waals surface area contributed by atoms with E-state index >= 15 is 0 Å². The molecule has 0 spiro atoms. The Morgan fingerprint density at radius 2 is 2.02 bits per heavy atom. The van der Waals surface area contributed by atoms with Gasteiger partial charge in [0.15, 0.2) is 0 Å². The predicted molar refractivity (Wildman–Crippen MR) is 155 cm³/mol. The Labute approximate surface area is 234 Å². The van der Waals surface area contributed by atoms with Crippen LogP contribution in [-0.4, -0.2) is 34.3 Å². The van der Waals surface area contributed by atoms with Gasteiger partial charge in [0.1, 0.15) is 18.9 Å². The molecule has 1 aliphatic carbocycles. The first-order chi connectivity index (χ1) is 18.9. The molecule has 0 saturated carbocycles. The van der Waals surface area contributed by atoms with E-state index < -0.39 is 35.6 Å². The normalized spacial score (nSPS) is 23.6. The molecule has 1 fully saturated rings. The van der Waals surface area contributed by atoms with E-state index in [1.54, 1.807) is 13.8 Å². The Balaban J connectivity index is 1.58. The largest absolute Gasteiger partial charge is 0.460 e. The highest BCUT2D eigenvalue weighted by molar-refractivity contribution is 5.83. The molecular weight excluding hydrogens is 510 g/mol. The molecule has 10 heteroatoms. The lowest BCUT2D eigenvalue weighted by Gasteiger charge is -2.32. The number of nitrogens with one attached hydrogen (secondary N) is 1. The predicted octanol–water partition coefficient (Wildman–Crippen LogP) is 5.89. The molecule has 3 atom stereocenters. The molecule has 1 aromatic rings. The maximum Gasteiger partial charge on any atom is 0.331 e. The van der Waals surface area contributed by atoms with E-state index in [2.05, 4.69) is 47.9 Å². The van der Waals surface area contributed by atoms with Gasteiger partial charge in [0.05, 0.1) is 6.04 Å². The standard InChI is InChI=1S/C30H39N5O5/c1-19(12-13-23-21(3)11-8-14-30(23,5)6)9-7-10-20(2)15-27(36)39-18-25-24(33-34-31)16-26(40-25)35-17-22(4)28(37)32-29(35)38/h7,9-10,12-13,15,17,24-26H,8,11,14,16,18H2,1-6H3,(H,32,37,38)/b10-7+,13-12+,19-9+,20-15+/t24?,25-,26-/m1/s1. The summed E-state index contributed by atoms with van der Waals surface area (Å²) in [4.78, 5) is 41.4. The van der Waals surface area contributed by atoms with Crippen molar-refractivity contribution in [2.24, 2.45) is 10.5 Å². The fourth-order valence-corrected chi connectivity index (χ4v) is 5.10. The van der Waals surface area contributed by atoms with Crippen molar-refractivity contribution in [3.8, 4) is 0 Å². The summed E-state index contributed by atoms with van der Waals surface area (Å²) >= 11 is 0. The maximum atomic E-state index is 12.4. The van der Waals surface area contributed by atoms with Crippen molar-refractivity contribution in [3.63, 3.8) is 0 Å². The number of aryl methyl sites for hydroxylation is 1. The summed E-state index contributed by atoms with van der Waals surface area (Å²) in [7, 11) is 0. The van der Waals surface area contributed by atoms with Crippen molar-refractivity contribution >= 4 is 5.97 Å². The van der Waals surface area contributed by atoms with Gasteiger partial charge in [-0.3, -0.25) is 14.3 Å². The Bertz CT molecular complexity index is 1430. The van der Waals surface area contributed by atoms with Crippen LogP contribution in [0.2, 0.25) is 0 Å². The Morgan fingerprint density at radius 1 is 1.27 bits per heavy atom. The number of aromatic amines is 1. The number of hydrogen-bond donors (Lipinski definition) is 1. The van der Waals surface area contributed by atoms with Gasteiger partial charge in [-0.1, -0.05) is 60.5 Å². The van der Waals surface area contributed by atoms with Gasteiger partial charge in [-0.2, -0.15) is 0 Å². The van der Waals surface area contributed by atoms with E-state index in [-0.39, 0.29) is 18.4 Å². The quantitative estimate of drug-likeness (QED) is 0.102. The smallest absolute Gasteiger partial charge is 0.331 e. The molecule has 10 nitrogen and oxygen atoms in total. The monoisotopic (exact) mass is 549 g/mol. The van der Waals surface area contributed by atoms with Crippen LogP contribution in [-0.2, 0) is 14.3 Å². The van der Waals surface area contributed by atoms with Crippen LogP contribution in [0.1, 0.15) is 72.1 Å². The summed E-state index contributed by atoms with van der Waals surface area (Å²) in [5.41, 5.74) is 13.0. The molecule has 0 bridgehead atoms. The maximum absolute atomic E-state index is 12.4. The molecule has 1 saturated heterocycles. The first-order valence-electron chi connectivity index (χ1n) is 13.5. The van der Waals surface area contributed by atoms with Crippen LogP contribution in [0.5, 0.6) is 0 Å². The number of carbonyl (C=O) groups excluding carboxylic acids is 1. The lowest BCUT2D eigenvalue weighted by molar-refractivity contribution is -0.142. The molecule has 40 heavy (non-hydrogen) atoms. The molecule has 0 aromatic carbocycles. The summed E-state index contributed by atoms with van der Waals surface area (Å²) < 4.78 is 12.5. The van der Waals surface area contributed by atoms with E-state index in [1.165, 1.54) is 40.8 Å². The molecule has 214 valence electrons. The number of hydrogen-bond acceptors (Lipinski definition) is 6. The molecular formula is C30H39N5O5. The number of allylic oxidation sites excluding steroid dienone is 9. The fourth-order valence-electron chi connectivity index (χ4n) is 5.10. The minimum atomic E-state index is -0.768. The van der Waals surface area contributed by atoms with Gasteiger partial charge in [0.25, 0.3) is 5.56 Å². The van der Waals surface area contributed by atoms with Crippen LogP contribution in [0.3, 0.4) is 0 Å². The number of azide groups is 1. The van der Waals surface area contributed by atoms with Crippen LogP contribution in [0.4, 0.5) is 0 Å². The van der Waals surface area contributed by atoms with Crippen LogP contribution in [0.25, 0.3) is 10.4 Å². The fraction of sp³-hybridized carbons (Fsp3) is 0.500. The average Bonchev–Trinajstić information content (AvgIpc) is 3.27.